The first-order chi connectivity index (χ1) is 14.2. The summed E-state index contributed by atoms with van der Waals surface area (Å²) < 4.78 is 24.1. The number of fused-ring (bicyclic) bond motifs is 1. The van der Waals surface area contributed by atoms with E-state index in [1.54, 1.807) is 6.07 Å². The van der Waals surface area contributed by atoms with Crippen LogP contribution in [0, 0.1) is 0 Å². The normalized spacial score (nSPS) is 23.5. The van der Waals surface area contributed by atoms with Crippen LogP contribution in [0.5, 0.6) is 0 Å². The topological polar surface area (TPSA) is 60.9 Å². The van der Waals surface area contributed by atoms with Gasteiger partial charge in [-0.3, -0.25) is 14.6 Å². The van der Waals surface area contributed by atoms with Crippen LogP contribution in [0.4, 0.5) is 0 Å². The van der Waals surface area contributed by atoms with E-state index in [1.807, 2.05) is 17.0 Å². The molecule has 1 aromatic carbocycles. The molecule has 0 unspecified atom stereocenters. The number of hydrogen-bond acceptors (Lipinski definition) is 5. The quantitative estimate of drug-likeness (QED) is 0.729. The average Bonchev–Trinajstić information content (AvgIpc) is 3.24. The van der Waals surface area contributed by atoms with Crippen molar-refractivity contribution in [3.05, 3.63) is 29.3 Å². The van der Waals surface area contributed by atoms with Gasteiger partial charge in [-0.1, -0.05) is 18.9 Å². The average molecular weight is 434 g/mol. The van der Waals surface area contributed by atoms with Crippen molar-refractivity contribution in [2.75, 3.05) is 45.5 Å². The molecule has 166 valence electrons. The highest BCUT2D eigenvalue weighted by Gasteiger charge is 2.37. The fourth-order valence-corrected chi connectivity index (χ4v) is 6.07. The number of sulfone groups is 1. The molecule has 0 aromatic heterocycles. The number of piperazine rings is 1. The van der Waals surface area contributed by atoms with Crippen molar-refractivity contribution in [2.45, 2.75) is 62.4 Å². The highest BCUT2D eigenvalue weighted by atomic mass is 32.2. The van der Waals surface area contributed by atoms with Crippen molar-refractivity contribution in [3.8, 4) is 0 Å². The van der Waals surface area contributed by atoms with E-state index in [-0.39, 0.29) is 11.4 Å². The lowest BCUT2D eigenvalue weighted by molar-refractivity contribution is -0.136. The third kappa shape index (κ3) is 4.30. The minimum atomic E-state index is -3.25. The van der Waals surface area contributed by atoms with Gasteiger partial charge in [0.1, 0.15) is 0 Å². The first-order valence-electron chi connectivity index (χ1n) is 11.3. The summed E-state index contributed by atoms with van der Waals surface area (Å²) in [6.45, 7) is 9.01. The molecular formula is C23H35N3O3S. The highest BCUT2D eigenvalue weighted by molar-refractivity contribution is 7.90. The molecule has 0 N–H and O–H groups in total. The van der Waals surface area contributed by atoms with E-state index in [0.717, 1.165) is 50.7 Å². The molecule has 7 heteroatoms. The van der Waals surface area contributed by atoms with Crippen LogP contribution in [0.25, 0.3) is 0 Å². The number of rotatable bonds is 4. The maximum absolute atomic E-state index is 13.1. The number of hydrogen-bond donors (Lipinski definition) is 0. The smallest absolute Gasteiger partial charge is 0.236 e. The van der Waals surface area contributed by atoms with E-state index in [0.29, 0.717) is 11.4 Å². The first-order valence-corrected chi connectivity index (χ1v) is 13.2. The van der Waals surface area contributed by atoms with Crippen LogP contribution in [0.3, 0.4) is 0 Å². The van der Waals surface area contributed by atoms with Crippen molar-refractivity contribution in [1.82, 2.24) is 14.7 Å². The SMILES string of the molecule is CC1(C)c2cc(S(C)(=O)=O)ccc2CCN1CC(=O)N1CCN(C2CCCC2)CC1. The van der Waals surface area contributed by atoms with E-state index in [9.17, 15) is 13.2 Å². The molecule has 1 amide bonds. The lowest BCUT2D eigenvalue weighted by Crippen LogP contribution is -2.55. The molecule has 1 saturated carbocycles. The van der Waals surface area contributed by atoms with Crippen molar-refractivity contribution in [2.24, 2.45) is 0 Å². The van der Waals surface area contributed by atoms with Gasteiger partial charge >= 0.3 is 0 Å². The molecule has 30 heavy (non-hydrogen) atoms. The molecule has 3 aliphatic rings. The predicted molar refractivity (Wildman–Crippen MR) is 118 cm³/mol. The van der Waals surface area contributed by atoms with Crippen molar-refractivity contribution in [1.29, 1.82) is 0 Å². The van der Waals surface area contributed by atoms with Crippen LogP contribution in [0.1, 0.15) is 50.7 Å². The van der Waals surface area contributed by atoms with Gasteiger partial charge in [0.15, 0.2) is 9.84 Å². The zero-order valence-corrected chi connectivity index (χ0v) is 19.4. The lowest BCUT2D eigenvalue weighted by Gasteiger charge is -2.45. The van der Waals surface area contributed by atoms with Gasteiger partial charge in [0, 0.05) is 50.6 Å². The van der Waals surface area contributed by atoms with Gasteiger partial charge in [-0.2, -0.15) is 0 Å². The monoisotopic (exact) mass is 433 g/mol. The van der Waals surface area contributed by atoms with E-state index in [1.165, 1.54) is 37.5 Å². The van der Waals surface area contributed by atoms with Crippen LogP contribution in [0.15, 0.2) is 23.1 Å². The Kier molecular flexibility index (Phi) is 5.99. The molecule has 4 rings (SSSR count). The fraction of sp³-hybridized carbons (Fsp3) is 0.696. The Morgan fingerprint density at radius 1 is 1.07 bits per heavy atom. The molecule has 1 saturated heterocycles. The summed E-state index contributed by atoms with van der Waals surface area (Å²) >= 11 is 0. The summed E-state index contributed by atoms with van der Waals surface area (Å²) in [5, 5.41) is 0. The molecule has 2 fully saturated rings. The van der Waals surface area contributed by atoms with Gasteiger partial charge in [-0.05, 0) is 56.4 Å². The maximum Gasteiger partial charge on any atom is 0.236 e. The van der Waals surface area contributed by atoms with Gasteiger partial charge in [0.05, 0.1) is 11.4 Å². The summed E-state index contributed by atoms with van der Waals surface area (Å²) in [6.07, 6.45) is 7.39. The van der Waals surface area contributed by atoms with Crippen LogP contribution < -0.4 is 0 Å². The molecule has 2 aliphatic heterocycles. The second kappa shape index (κ2) is 8.24. The van der Waals surface area contributed by atoms with Crippen molar-refractivity contribution in [3.63, 3.8) is 0 Å². The van der Waals surface area contributed by atoms with Crippen LogP contribution in [-0.2, 0) is 26.6 Å². The Labute approximate surface area is 181 Å². The second-order valence-electron chi connectivity index (χ2n) is 9.68. The Hall–Kier alpha value is -1.44. The number of benzene rings is 1. The lowest BCUT2D eigenvalue weighted by atomic mass is 9.83. The predicted octanol–water partition coefficient (Wildman–Crippen LogP) is 2.27. The maximum atomic E-state index is 13.1. The molecule has 1 aromatic rings. The molecule has 2 heterocycles. The highest BCUT2D eigenvalue weighted by Crippen LogP contribution is 2.36. The number of carbonyl (C=O) groups is 1. The summed E-state index contributed by atoms with van der Waals surface area (Å²) in [5.74, 6) is 0.192. The van der Waals surface area contributed by atoms with Crippen LogP contribution in [-0.4, -0.2) is 80.6 Å². The van der Waals surface area contributed by atoms with Gasteiger partial charge in [0.25, 0.3) is 0 Å². The van der Waals surface area contributed by atoms with E-state index in [2.05, 4.69) is 23.6 Å². The zero-order chi connectivity index (χ0) is 21.5. The summed E-state index contributed by atoms with van der Waals surface area (Å²) in [6, 6.07) is 6.18. The third-order valence-electron chi connectivity index (χ3n) is 7.44. The van der Waals surface area contributed by atoms with Gasteiger partial charge in [-0.25, -0.2) is 8.42 Å². The standard InChI is InChI=1S/C23H35N3O3S/c1-23(2)21-16-20(30(3,28)29)9-8-18(21)10-11-26(23)17-22(27)25-14-12-24(13-15-25)19-6-4-5-7-19/h8-9,16,19H,4-7,10-15,17H2,1-3H3. The molecule has 0 bridgehead atoms. The van der Waals surface area contributed by atoms with Crippen LogP contribution >= 0.6 is 0 Å². The molecule has 0 radical (unpaired) electrons. The molecule has 6 nitrogen and oxygen atoms in total. The number of amides is 1. The Balaban J connectivity index is 1.42. The minimum Gasteiger partial charge on any atom is -0.339 e. The first kappa shape index (κ1) is 21.8. The molecule has 0 spiro atoms. The van der Waals surface area contributed by atoms with Crippen molar-refractivity contribution < 1.29 is 13.2 Å². The summed E-state index contributed by atoms with van der Waals surface area (Å²) in [4.78, 5) is 20.2. The van der Waals surface area contributed by atoms with Gasteiger partial charge < -0.3 is 4.90 Å². The van der Waals surface area contributed by atoms with E-state index >= 15 is 0 Å². The van der Waals surface area contributed by atoms with E-state index in [4.69, 9.17) is 0 Å². The fourth-order valence-electron chi connectivity index (χ4n) is 5.42. The third-order valence-corrected chi connectivity index (χ3v) is 8.55. The summed E-state index contributed by atoms with van der Waals surface area (Å²) in [7, 11) is -3.25. The largest absolute Gasteiger partial charge is 0.339 e. The Morgan fingerprint density at radius 3 is 2.37 bits per heavy atom. The number of nitrogens with zero attached hydrogens (tertiary/aromatic N) is 3. The Bertz CT molecular complexity index is 898. The van der Waals surface area contributed by atoms with Gasteiger partial charge in [-0.15, -0.1) is 0 Å². The molecule has 0 atom stereocenters. The summed E-state index contributed by atoms with van der Waals surface area (Å²) in [5.41, 5.74) is 1.83. The van der Waals surface area contributed by atoms with Gasteiger partial charge in [0.2, 0.25) is 5.91 Å². The van der Waals surface area contributed by atoms with Crippen molar-refractivity contribution >= 4 is 15.7 Å². The molecular weight excluding hydrogens is 398 g/mol. The minimum absolute atomic E-state index is 0.192. The number of carbonyl (C=O) groups excluding carboxylic acids is 1. The van der Waals surface area contributed by atoms with E-state index < -0.39 is 9.84 Å². The second-order valence-corrected chi connectivity index (χ2v) is 11.7. The Morgan fingerprint density at radius 2 is 1.73 bits per heavy atom. The molecule has 1 aliphatic carbocycles. The van der Waals surface area contributed by atoms with Crippen LogP contribution in [0.2, 0.25) is 0 Å². The zero-order valence-electron chi connectivity index (χ0n) is 18.6.